The summed E-state index contributed by atoms with van der Waals surface area (Å²) in [6.07, 6.45) is 2.53. The van der Waals surface area contributed by atoms with Gasteiger partial charge >= 0.3 is 0 Å². The lowest BCUT2D eigenvalue weighted by molar-refractivity contribution is 0.0678. The first-order valence-corrected chi connectivity index (χ1v) is 10.3. The number of nitrogens with zero attached hydrogens (tertiary/aromatic N) is 3. The van der Waals surface area contributed by atoms with Crippen LogP contribution in [0.4, 0.5) is 0 Å². The lowest BCUT2D eigenvalue weighted by atomic mass is 10.2. The van der Waals surface area contributed by atoms with Crippen LogP contribution in [0.3, 0.4) is 0 Å². The monoisotopic (exact) mass is 375 g/mol. The van der Waals surface area contributed by atoms with Gasteiger partial charge in [-0.3, -0.25) is 14.1 Å². The first-order chi connectivity index (χ1) is 12.2. The van der Waals surface area contributed by atoms with Crippen LogP contribution >= 0.6 is 22.7 Å². The molecule has 0 saturated carbocycles. The van der Waals surface area contributed by atoms with Gasteiger partial charge in [-0.2, -0.15) is 0 Å². The van der Waals surface area contributed by atoms with Gasteiger partial charge in [0, 0.05) is 48.3 Å². The van der Waals surface area contributed by atoms with E-state index in [9.17, 15) is 4.79 Å². The fourth-order valence-corrected chi connectivity index (χ4v) is 4.93. The number of hydrogen-bond donors (Lipinski definition) is 0. The van der Waals surface area contributed by atoms with E-state index in [-0.39, 0.29) is 11.7 Å². The third kappa shape index (κ3) is 3.84. The Hall–Kier alpha value is -1.54. The number of thiophene rings is 1. The van der Waals surface area contributed by atoms with Gasteiger partial charge in [0.15, 0.2) is 4.96 Å². The van der Waals surface area contributed by atoms with Gasteiger partial charge in [-0.15, -0.1) is 22.7 Å². The van der Waals surface area contributed by atoms with Gasteiger partial charge in [-0.25, -0.2) is 4.98 Å². The van der Waals surface area contributed by atoms with Gasteiger partial charge in [-0.1, -0.05) is 6.07 Å². The maximum absolute atomic E-state index is 12.4. The molecule has 0 amide bonds. The second-order valence-corrected chi connectivity index (χ2v) is 8.33. The molecule has 1 atom stereocenters. The van der Waals surface area contributed by atoms with E-state index in [1.165, 1.54) is 16.2 Å². The van der Waals surface area contributed by atoms with E-state index >= 15 is 0 Å². The zero-order valence-electron chi connectivity index (χ0n) is 14.2. The molecule has 0 aromatic carbocycles. The summed E-state index contributed by atoms with van der Waals surface area (Å²) < 4.78 is 7.49. The van der Waals surface area contributed by atoms with Crippen molar-refractivity contribution in [3.63, 3.8) is 0 Å². The van der Waals surface area contributed by atoms with Crippen molar-refractivity contribution in [2.24, 2.45) is 0 Å². The van der Waals surface area contributed by atoms with E-state index in [2.05, 4.69) is 22.4 Å². The van der Waals surface area contributed by atoms with Crippen molar-refractivity contribution in [3.05, 3.63) is 55.6 Å². The number of fused-ring (bicyclic) bond motifs is 1. The Morgan fingerprint density at radius 3 is 3.08 bits per heavy atom. The molecule has 0 N–H and O–H groups in total. The number of rotatable bonds is 6. The fraction of sp³-hybridized carbons (Fsp3) is 0.444. The summed E-state index contributed by atoms with van der Waals surface area (Å²) in [7, 11) is 0. The van der Waals surface area contributed by atoms with Crippen LogP contribution in [0.25, 0.3) is 4.96 Å². The SMILES string of the molecule is Cc1csc2nc(CN(Cc3cccs3)CC3CCCO3)cc(=O)n12. The Morgan fingerprint density at radius 2 is 2.32 bits per heavy atom. The zero-order chi connectivity index (χ0) is 17.2. The van der Waals surface area contributed by atoms with Crippen LogP contribution in [0.2, 0.25) is 0 Å². The van der Waals surface area contributed by atoms with E-state index in [0.29, 0.717) is 6.54 Å². The first kappa shape index (κ1) is 16.9. The maximum Gasteiger partial charge on any atom is 0.259 e. The Kier molecular flexibility index (Phi) is 4.98. The van der Waals surface area contributed by atoms with Crippen LogP contribution in [-0.2, 0) is 17.8 Å². The topological polar surface area (TPSA) is 46.8 Å². The number of thiazole rings is 1. The summed E-state index contributed by atoms with van der Waals surface area (Å²) in [6, 6.07) is 5.90. The largest absolute Gasteiger partial charge is 0.377 e. The fourth-order valence-electron chi connectivity index (χ4n) is 3.30. The minimum Gasteiger partial charge on any atom is -0.377 e. The summed E-state index contributed by atoms with van der Waals surface area (Å²) in [6.45, 7) is 5.20. The number of aryl methyl sites for hydroxylation is 1. The van der Waals surface area contributed by atoms with E-state index in [1.54, 1.807) is 21.8 Å². The summed E-state index contributed by atoms with van der Waals surface area (Å²) in [5.41, 5.74) is 1.78. The third-order valence-electron chi connectivity index (χ3n) is 4.46. The van der Waals surface area contributed by atoms with Crippen molar-refractivity contribution in [2.75, 3.05) is 13.2 Å². The highest BCUT2D eigenvalue weighted by molar-refractivity contribution is 7.15. The third-order valence-corrected chi connectivity index (χ3v) is 6.26. The molecule has 0 aliphatic carbocycles. The van der Waals surface area contributed by atoms with Crippen LogP contribution in [-0.4, -0.2) is 33.5 Å². The number of hydrogen-bond acceptors (Lipinski definition) is 6. The van der Waals surface area contributed by atoms with Crippen molar-refractivity contribution < 1.29 is 4.74 Å². The highest BCUT2D eigenvalue weighted by Crippen LogP contribution is 2.19. The molecule has 132 valence electrons. The normalized spacial score (nSPS) is 17.8. The summed E-state index contributed by atoms with van der Waals surface area (Å²) in [4.78, 5) is 21.6. The molecule has 0 radical (unpaired) electrons. The first-order valence-electron chi connectivity index (χ1n) is 8.52. The van der Waals surface area contributed by atoms with E-state index in [0.717, 1.165) is 48.9 Å². The molecule has 1 unspecified atom stereocenters. The summed E-state index contributed by atoms with van der Waals surface area (Å²) in [5.74, 6) is 0. The highest BCUT2D eigenvalue weighted by Gasteiger charge is 2.20. The van der Waals surface area contributed by atoms with E-state index < -0.39 is 0 Å². The van der Waals surface area contributed by atoms with Gasteiger partial charge in [0.05, 0.1) is 11.8 Å². The molecule has 3 aromatic heterocycles. The highest BCUT2D eigenvalue weighted by atomic mass is 32.1. The van der Waals surface area contributed by atoms with Crippen molar-refractivity contribution in [2.45, 2.75) is 39.0 Å². The number of ether oxygens (including phenoxy) is 1. The molecular formula is C18H21N3O2S2. The van der Waals surface area contributed by atoms with E-state index in [4.69, 9.17) is 9.72 Å². The standard InChI is InChI=1S/C18H21N3O2S2/c1-13-12-25-18-19-14(8-17(22)21(13)18)9-20(10-15-4-2-6-23-15)11-16-5-3-7-24-16/h3,5,7-8,12,15H,2,4,6,9-11H2,1H3. The smallest absolute Gasteiger partial charge is 0.259 e. The Labute approximate surface area is 154 Å². The Morgan fingerprint density at radius 1 is 1.40 bits per heavy atom. The number of aromatic nitrogens is 2. The zero-order valence-corrected chi connectivity index (χ0v) is 15.8. The van der Waals surface area contributed by atoms with Gasteiger partial charge < -0.3 is 4.74 Å². The van der Waals surface area contributed by atoms with Crippen molar-refractivity contribution in [1.82, 2.24) is 14.3 Å². The van der Waals surface area contributed by atoms with Gasteiger partial charge in [0.1, 0.15) is 0 Å². The van der Waals surface area contributed by atoms with Gasteiger partial charge in [-0.05, 0) is 31.2 Å². The molecule has 1 aliphatic heterocycles. The lowest BCUT2D eigenvalue weighted by Crippen LogP contribution is -2.32. The molecule has 1 fully saturated rings. The predicted molar refractivity (Wildman–Crippen MR) is 101 cm³/mol. The van der Waals surface area contributed by atoms with E-state index in [1.807, 2.05) is 12.3 Å². The molecule has 4 heterocycles. The second-order valence-electron chi connectivity index (χ2n) is 6.46. The van der Waals surface area contributed by atoms with Crippen LogP contribution in [0, 0.1) is 6.92 Å². The molecule has 5 nitrogen and oxygen atoms in total. The van der Waals surface area contributed by atoms with Gasteiger partial charge in [0.2, 0.25) is 0 Å². The summed E-state index contributed by atoms with van der Waals surface area (Å²) >= 11 is 3.28. The van der Waals surface area contributed by atoms with Crippen LogP contribution in [0.5, 0.6) is 0 Å². The molecule has 1 saturated heterocycles. The Balaban J connectivity index is 1.57. The van der Waals surface area contributed by atoms with Crippen LogP contribution in [0.15, 0.2) is 33.8 Å². The van der Waals surface area contributed by atoms with Crippen LogP contribution < -0.4 is 5.56 Å². The molecule has 0 bridgehead atoms. The Bertz CT molecular complexity index is 895. The van der Waals surface area contributed by atoms with Crippen molar-refractivity contribution in [3.8, 4) is 0 Å². The van der Waals surface area contributed by atoms with Crippen LogP contribution in [0.1, 0.15) is 29.1 Å². The maximum atomic E-state index is 12.4. The average Bonchev–Trinajstić information content (AvgIpc) is 3.31. The van der Waals surface area contributed by atoms with Crippen molar-refractivity contribution >= 4 is 27.6 Å². The van der Waals surface area contributed by atoms with Crippen molar-refractivity contribution in [1.29, 1.82) is 0 Å². The molecule has 3 aromatic rings. The molecule has 7 heteroatoms. The molecule has 1 aliphatic rings. The molecule has 25 heavy (non-hydrogen) atoms. The second kappa shape index (κ2) is 7.37. The minimum absolute atomic E-state index is 0.00643. The predicted octanol–water partition coefficient (Wildman–Crippen LogP) is 3.31. The quantitative estimate of drug-likeness (QED) is 0.663. The minimum atomic E-state index is 0.00643. The average molecular weight is 376 g/mol. The molecule has 0 spiro atoms. The molecular weight excluding hydrogens is 354 g/mol. The lowest BCUT2D eigenvalue weighted by Gasteiger charge is -2.24. The summed E-state index contributed by atoms with van der Waals surface area (Å²) in [5, 5.41) is 4.08. The van der Waals surface area contributed by atoms with Gasteiger partial charge in [0.25, 0.3) is 5.56 Å². The molecule has 4 rings (SSSR count).